The Balaban J connectivity index is 1.75. The lowest BCUT2D eigenvalue weighted by atomic mass is 10.2. The summed E-state index contributed by atoms with van der Waals surface area (Å²) < 4.78 is 28.5. The molecular formula is C23H23ClN2O7S. The molecule has 1 N–H and O–H groups in total. The molecular weight excluding hydrogens is 484 g/mol. The topological polar surface area (TPSA) is 101 Å². The Bertz CT molecular complexity index is 1210. The Morgan fingerprint density at radius 2 is 1.91 bits per heavy atom. The maximum atomic E-state index is 11.6. The standard InChI is InChI=1S/C23H23ClN2O7S/c1-4-5-20-25-21(34-14-6-7-16(29-2)17(9-14)30-3)22(33-23(27)28)26(20)11-13-8-18-19(10-15(13)24)32-12-31-18/h6-10H,4-5,11-12H2,1-3H3,(H,27,28). The van der Waals surface area contributed by atoms with Gasteiger partial charge in [0.05, 0.1) is 20.8 Å². The summed E-state index contributed by atoms with van der Waals surface area (Å²) in [5.74, 6) is 3.08. The van der Waals surface area contributed by atoms with Gasteiger partial charge in [0.15, 0.2) is 28.0 Å². The lowest BCUT2D eigenvalue weighted by Gasteiger charge is -2.13. The van der Waals surface area contributed by atoms with E-state index in [1.807, 2.05) is 13.0 Å². The van der Waals surface area contributed by atoms with E-state index >= 15 is 0 Å². The van der Waals surface area contributed by atoms with Crippen molar-refractivity contribution in [2.24, 2.45) is 0 Å². The highest BCUT2D eigenvalue weighted by molar-refractivity contribution is 7.99. The molecule has 2 heterocycles. The van der Waals surface area contributed by atoms with Gasteiger partial charge in [-0.15, -0.1) is 0 Å². The van der Waals surface area contributed by atoms with E-state index in [-0.39, 0.29) is 19.2 Å². The van der Waals surface area contributed by atoms with E-state index in [0.29, 0.717) is 45.3 Å². The minimum atomic E-state index is -1.44. The van der Waals surface area contributed by atoms with Crippen molar-refractivity contribution in [2.45, 2.75) is 36.2 Å². The number of carboxylic acid groups (broad SMARTS) is 1. The van der Waals surface area contributed by atoms with E-state index in [1.165, 1.54) is 11.8 Å². The predicted octanol–water partition coefficient (Wildman–Crippen LogP) is 5.49. The number of hydrogen-bond donors (Lipinski definition) is 1. The third-order valence-electron chi connectivity index (χ3n) is 5.07. The Morgan fingerprint density at radius 1 is 1.18 bits per heavy atom. The molecule has 0 aliphatic carbocycles. The largest absolute Gasteiger partial charge is 0.512 e. The molecule has 11 heteroatoms. The van der Waals surface area contributed by atoms with E-state index in [2.05, 4.69) is 0 Å². The molecule has 0 saturated carbocycles. The van der Waals surface area contributed by atoms with Crippen LogP contribution >= 0.6 is 23.4 Å². The molecule has 0 unspecified atom stereocenters. The average molecular weight is 507 g/mol. The lowest BCUT2D eigenvalue weighted by molar-refractivity contribution is 0.139. The van der Waals surface area contributed by atoms with Gasteiger partial charge in [-0.3, -0.25) is 4.57 Å². The number of hydrogen-bond acceptors (Lipinski definition) is 8. The van der Waals surface area contributed by atoms with Gasteiger partial charge in [-0.2, -0.15) is 0 Å². The molecule has 2 aromatic carbocycles. The molecule has 0 amide bonds. The lowest BCUT2D eigenvalue weighted by Crippen LogP contribution is -2.12. The maximum Gasteiger partial charge on any atom is 0.512 e. The number of methoxy groups -OCH3 is 2. The summed E-state index contributed by atoms with van der Waals surface area (Å²) in [6, 6.07) is 8.87. The average Bonchev–Trinajstić information content (AvgIpc) is 3.38. The van der Waals surface area contributed by atoms with E-state index in [0.717, 1.165) is 16.9 Å². The molecule has 3 aromatic rings. The second kappa shape index (κ2) is 10.4. The van der Waals surface area contributed by atoms with Crippen LogP contribution in [-0.4, -0.2) is 41.8 Å². The molecule has 0 spiro atoms. The predicted molar refractivity (Wildman–Crippen MR) is 125 cm³/mol. The van der Waals surface area contributed by atoms with Crippen LogP contribution < -0.4 is 23.7 Å². The van der Waals surface area contributed by atoms with Crippen LogP contribution in [0.3, 0.4) is 0 Å². The van der Waals surface area contributed by atoms with E-state index in [9.17, 15) is 9.90 Å². The molecule has 4 rings (SSSR count). The third kappa shape index (κ3) is 4.97. The second-order valence-corrected chi connectivity index (χ2v) is 8.73. The molecule has 1 aromatic heterocycles. The highest BCUT2D eigenvalue weighted by atomic mass is 35.5. The van der Waals surface area contributed by atoms with Crippen LogP contribution in [0.25, 0.3) is 0 Å². The number of fused-ring (bicyclic) bond motifs is 1. The molecule has 0 bridgehead atoms. The van der Waals surface area contributed by atoms with Crippen LogP contribution in [0.5, 0.6) is 28.9 Å². The summed E-state index contributed by atoms with van der Waals surface area (Å²) in [4.78, 5) is 17.1. The smallest absolute Gasteiger partial charge is 0.493 e. The van der Waals surface area contributed by atoms with Gasteiger partial charge < -0.3 is 28.8 Å². The van der Waals surface area contributed by atoms with E-state index < -0.39 is 6.16 Å². The number of aryl methyl sites for hydroxylation is 1. The van der Waals surface area contributed by atoms with Gasteiger partial charge >= 0.3 is 6.16 Å². The van der Waals surface area contributed by atoms with Gasteiger partial charge in [-0.05, 0) is 36.2 Å². The fourth-order valence-corrected chi connectivity index (χ4v) is 4.65. The minimum absolute atomic E-state index is 0.115. The normalized spacial score (nSPS) is 12.0. The van der Waals surface area contributed by atoms with Crippen molar-refractivity contribution in [3.05, 3.63) is 46.7 Å². The van der Waals surface area contributed by atoms with Crippen molar-refractivity contribution in [1.82, 2.24) is 9.55 Å². The van der Waals surface area contributed by atoms with Crippen LogP contribution in [0.15, 0.2) is 40.3 Å². The highest BCUT2D eigenvalue weighted by Crippen LogP contribution is 2.41. The molecule has 34 heavy (non-hydrogen) atoms. The first-order chi connectivity index (χ1) is 16.4. The molecule has 180 valence electrons. The molecule has 9 nitrogen and oxygen atoms in total. The fourth-order valence-electron chi connectivity index (χ4n) is 3.53. The summed E-state index contributed by atoms with van der Waals surface area (Å²) >= 11 is 7.75. The van der Waals surface area contributed by atoms with Gasteiger partial charge in [-0.25, -0.2) is 9.78 Å². The molecule has 1 aliphatic rings. The van der Waals surface area contributed by atoms with Gasteiger partial charge in [0.25, 0.3) is 0 Å². The van der Waals surface area contributed by atoms with Crippen molar-refractivity contribution in [3.63, 3.8) is 0 Å². The number of carbonyl (C=O) groups is 1. The molecule has 0 fully saturated rings. The van der Waals surface area contributed by atoms with Crippen LogP contribution in [-0.2, 0) is 13.0 Å². The Kier molecular flexibility index (Phi) is 7.28. The van der Waals surface area contributed by atoms with E-state index in [4.69, 9.17) is 40.3 Å². The number of nitrogens with zero attached hydrogens (tertiary/aromatic N) is 2. The number of halogens is 1. The molecule has 1 aliphatic heterocycles. The summed E-state index contributed by atoms with van der Waals surface area (Å²) in [6.45, 7) is 2.39. The molecule has 0 atom stereocenters. The number of rotatable bonds is 9. The van der Waals surface area contributed by atoms with Crippen molar-refractivity contribution >= 4 is 29.5 Å². The van der Waals surface area contributed by atoms with Crippen molar-refractivity contribution < 1.29 is 33.6 Å². The SMILES string of the molecule is CCCc1nc(Sc2ccc(OC)c(OC)c2)c(OC(=O)O)n1Cc1cc2c(cc1Cl)OCO2. The Hall–Kier alpha value is -3.24. The Labute approximate surface area is 205 Å². The summed E-state index contributed by atoms with van der Waals surface area (Å²) in [5, 5.41) is 10.3. The number of benzene rings is 2. The zero-order valence-corrected chi connectivity index (χ0v) is 20.4. The van der Waals surface area contributed by atoms with E-state index in [1.54, 1.807) is 43.1 Å². The third-order valence-corrected chi connectivity index (χ3v) is 6.37. The zero-order valence-electron chi connectivity index (χ0n) is 18.8. The van der Waals surface area contributed by atoms with Crippen molar-refractivity contribution in [1.29, 1.82) is 0 Å². The van der Waals surface area contributed by atoms with Crippen LogP contribution in [0, 0.1) is 0 Å². The Morgan fingerprint density at radius 3 is 2.59 bits per heavy atom. The summed E-state index contributed by atoms with van der Waals surface area (Å²) in [5.41, 5.74) is 0.721. The van der Waals surface area contributed by atoms with Crippen molar-refractivity contribution in [2.75, 3.05) is 21.0 Å². The first kappa shape index (κ1) is 23.9. The van der Waals surface area contributed by atoms with Crippen LogP contribution in [0.4, 0.5) is 4.79 Å². The van der Waals surface area contributed by atoms with Gasteiger partial charge in [0.1, 0.15) is 5.82 Å². The molecule has 0 radical (unpaired) electrons. The number of aromatic nitrogens is 2. The zero-order chi connectivity index (χ0) is 24.2. The van der Waals surface area contributed by atoms with Crippen LogP contribution in [0.1, 0.15) is 24.7 Å². The second-order valence-electron chi connectivity index (χ2n) is 7.26. The molecule has 0 saturated heterocycles. The monoisotopic (exact) mass is 506 g/mol. The first-order valence-electron chi connectivity index (χ1n) is 10.4. The maximum absolute atomic E-state index is 11.6. The summed E-state index contributed by atoms with van der Waals surface area (Å²) in [7, 11) is 3.11. The quantitative estimate of drug-likeness (QED) is 0.377. The number of ether oxygens (including phenoxy) is 5. The van der Waals surface area contributed by atoms with Crippen LogP contribution in [0.2, 0.25) is 5.02 Å². The highest BCUT2D eigenvalue weighted by Gasteiger charge is 2.24. The number of imidazole rings is 1. The van der Waals surface area contributed by atoms with Gasteiger partial charge in [0.2, 0.25) is 12.7 Å². The summed E-state index contributed by atoms with van der Waals surface area (Å²) in [6.07, 6.45) is -0.0149. The first-order valence-corrected chi connectivity index (χ1v) is 11.6. The van der Waals surface area contributed by atoms with Gasteiger partial charge in [-0.1, -0.05) is 30.3 Å². The minimum Gasteiger partial charge on any atom is -0.493 e. The fraction of sp³-hybridized carbons (Fsp3) is 0.304. The van der Waals surface area contributed by atoms with Gasteiger partial charge in [0, 0.05) is 22.4 Å². The van der Waals surface area contributed by atoms with Crippen molar-refractivity contribution in [3.8, 4) is 28.9 Å².